The third kappa shape index (κ3) is 4.35. The Morgan fingerprint density at radius 2 is 1.76 bits per heavy atom. The Bertz CT molecular complexity index is 815. The number of benzene rings is 2. The summed E-state index contributed by atoms with van der Waals surface area (Å²) in [5.74, 6) is -2.10. The van der Waals surface area contributed by atoms with Gasteiger partial charge in [-0.15, -0.1) is 0 Å². The Hall–Kier alpha value is -3.35. The van der Waals surface area contributed by atoms with Crippen LogP contribution in [0.15, 0.2) is 42.5 Å². The summed E-state index contributed by atoms with van der Waals surface area (Å²) >= 11 is 0. The molecule has 2 rings (SSSR count). The van der Waals surface area contributed by atoms with Crippen LogP contribution in [0.2, 0.25) is 0 Å². The number of hydrogen-bond donors (Lipinski definition) is 3. The molecule has 0 bridgehead atoms. The number of nitrogens with one attached hydrogen (secondary N) is 1. The lowest BCUT2D eigenvalue weighted by Gasteiger charge is -2.14. The fraction of sp³-hybridized carbons (Fsp3) is 0.167. The van der Waals surface area contributed by atoms with Gasteiger partial charge in [0, 0.05) is 11.3 Å². The lowest BCUT2D eigenvalue weighted by atomic mass is 10.1. The largest absolute Gasteiger partial charge is 0.507 e. The van der Waals surface area contributed by atoms with Crippen LogP contribution in [0, 0.1) is 6.92 Å². The van der Waals surface area contributed by atoms with Gasteiger partial charge >= 0.3 is 5.97 Å². The van der Waals surface area contributed by atoms with Crippen LogP contribution in [-0.2, 0) is 9.53 Å². The number of phenols is 1. The van der Waals surface area contributed by atoms with Gasteiger partial charge in [-0.3, -0.25) is 9.59 Å². The van der Waals surface area contributed by atoms with E-state index >= 15 is 0 Å². The van der Waals surface area contributed by atoms with Gasteiger partial charge in [-0.25, -0.2) is 4.79 Å². The van der Waals surface area contributed by atoms with Gasteiger partial charge in [0.05, 0.1) is 0 Å². The molecule has 0 aliphatic rings. The van der Waals surface area contributed by atoms with Gasteiger partial charge in [0.1, 0.15) is 11.3 Å². The third-order valence-corrected chi connectivity index (χ3v) is 3.55. The number of primary amides is 1. The van der Waals surface area contributed by atoms with Crippen molar-refractivity contribution in [3.05, 3.63) is 59.2 Å². The quantitative estimate of drug-likeness (QED) is 0.718. The number of ether oxygens (including phenoxy) is 1. The average Bonchev–Trinajstić information content (AvgIpc) is 2.57. The third-order valence-electron chi connectivity index (χ3n) is 3.55. The first-order chi connectivity index (χ1) is 11.8. The Balaban J connectivity index is 2.01. The van der Waals surface area contributed by atoms with Crippen LogP contribution in [0.5, 0.6) is 5.75 Å². The molecule has 7 heteroatoms. The maximum Gasteiger partial charge on any atom is 0.342 e. The summed E-state index contributed by atoms with van der Waals surface area (Å²) in [5, 5.41) is 12.4. The number of nitrogens with two attached hydrogens (primary N) is 1. The highest BCUT2D eigenvalue weighted by Gasteiger charge is 2.21. The number of para-hydroxylation sites is 1. The topological polar surface area (TPSA) is 119 Å². The monoisotopic (exact) mass is 342 g/mol. The predicted molar refractivity (Wildman–Crippen MR) is 91.3 cm³/mol. The minimum Gasteiger partial charge on any atom is -0.507 e. The minimum atomic E-state index is -1.08. The van der Waals surface area contributed by atoms with Crippen LogP contribution in [0.4, 0.5) is 5.69 Å². The maximum absolute atomic E-state index is 12.1. The van der Waals surface area contributed by atoms with Crippen molar-refractivity contribution in [3.8, 4) is 5.75 Å². The fourth-order valence-corrected chi connectivity index (χ4v) is 2.06. The van der Waals surface area contributed by atoms with Gasteiger partial charge in [-0.05, 0) is 49.7 Å². The molecule has 0 aromatic heterocycles. The summed E-state index contributed by atoms with van der Waals surface area (Å²) in [7, 11) is 0. The Kier molecular flexibility index (Phi) is 5.38. The molecule has 1 atom stereocenters. The fourth-order valence-electron chi connectivity index (χ4n) is 2.06. The highest BCUT2D eigenvalue weighted by Crippen LogP contribution is 2.22. The molecule has 0 aliphatic carbocycles. The number of aryl methyl sites for hydroxylation is 1. The molecule has 1 unspecified atom stereocenters. The van der Waals surface area contributed by atoms with Crippen LogP contribution in [0.3, 0.4) is 0 Å². The normalized spacial score (nSPS) is 11.4. The first kappa shape index (κ1) is 18.0. The van der Waals surface area contributed by atoms with Crippen molar-refractivity contribution in [1.29, 1.82) is 0 Å². The van der Waals surface area contributed by atoms with E-state index in [1.54, 1.807) is 19.1 Å². The molecule has 130 valence electrons. The standard InChI is InChI=1S/C18H18N2O5/c1-10-4-3-5-14(15(10)21)18(24)25-11(2)17(23)20-13-8-6-12(7-9-13)16(19)22/h3-9,11,21H,1-2H3,(H2,19,22)(H,20,23). The number of aromatic hydroxyl groups is 1. The second kappa shape index (κ2) is 7.48. The summed E-state index contributed by atoms with van der Waals surface area (Å²) in [5.41, 5.74) is 6.40. The summed E-state index contributed by atoms with van der Waals surface area (Å²) in [6.45, 7) is 3.07. The number of rotatable bonds is 5. The molecule has 2 amide bonds. The van der Waals surface area contributed by atoms with E-state index in [2.05, 4.69) is 5.32 Å². The van der Waals surface area contributed by atoms with Gasteiger partial charge < -0.3 is 20.9 Å². The second-order valence-corrected chi connectivity index (χ2v) is 5.45. The van der Waals surface area contributed by atoms with E-state index in [9.17, 15) is 19.5 Å². The van der Waals surface area contributed by atoms with Crippen molar-refractivity contribution in [2.45, 2.75) is 20.0 Å². The van der Waals surface area contributed by atoms with E-state index in [1.165, 1.54) is 37.3 Å². The highest BCUT2D eigenvalue weighted by molar-refractivity contribution is 5.99. The zero-order valence-corrected chi connectivity index (χ0v) is 13.8. The smallest absolute Gasteiger partial charge is 0.342 e. The summed E-state index contributed by atoms with van der Waals surface area (Å²) in [6.07, 6.45) is -1.08. The van der Waals surface area contributed by atoms with Crippen LogP contribution < -0.4 is 11.1 Å². The molecule has 7 nitrogen and oxygen atoms in total. The molecule has 0 heterocycles. The number of anilines is 1. The highest BCUT2D eigenvalue weighted by atomic mass is 16.5. The Labute approximate surface area is 144 Å². The number of hydrogen-bond acceptors (Lipinski definition) is 5. The van der Waals surface area contributed by atoms with E-state index < -0.39 is 23.9 Å². The lowest BCUT2D eigenvalue weighted by Crippen LogP contribution is -2.30. The maximum atomic E-state index is 12.1. The van der Waals surface area contributed by atoms with Gasteiger partial charge in [-0.1, -0.05) is 12.1 Å². The lowest BCUT2D eigenvalue weighted by molar-refractivity contribution is -0.123. The van der Waals surface area contributed by atoms with Crippen LogP contribution in [0.1, 0.15) is 33.2 Å². The summed E-state index contributed by atoms with van der Waals surface area (Å²) in [6, 6.07) is 10.6. The average molecular weight is 342 g/mol. The molecule has 25 heavy (non-hydrogen) atoms. The van der Waals surface area contributed by atoms with E-state index in [1.807, 2.05) is 0 Å². The molecule has 0 aliphatic heterocycles. The predicted octanol–water partition coefficient (Wildman–Crippen LogP) is 1.98. The van der Waals surface area contributed by atoms with Gasteiger partial charge in [-0.2, -0.15) is 0 Å². The van der Waals surface area contributed by atoms with E-state index in [4.69, 9.17) is 10.5 Å². The van der Waals surface area contributed by atoms with E-state index in [-0.39, 0.29) is 11.3 Å². The number of amides is 2. The Morgan fingerprint density at radius 1 is 1.12 bits per heavy atom. The van der Waals surface area contributed by atoms with Crippen molar-refractivity contribution in [3.63, 3.8) is 0 Å². The van der Waals surface area contributed by atoms with Crippen molar-refractivity contribution >= 4 is 23.5 Å². The molecule has 0 radical (unpaired) electrons. The molecule has 2 aromatic carbocycles. The first-order valence-electron chi connectivity index (χ1n) is 7.50. The number of esters is 1. The van der Waals surface area contributed by atoms with Crippen LogP contribution >= 0.6 is 0 Å². The molecule has 0 fully saturated rings. The van der Waals surface area contributed by atoms with E-state index in [0.717, 1.165) is 0 Å². The van der Waals surface area contributed by atoms with Gasteiger partial charge in [0.2, 0.25) is 5.91 Å². The minimum absolute atomic E-state index is 0.00883. The van der Waals surface area contributed by atoms with E-state index in [0.29, 0.717) is 16.8 Å². The summed E-state index contributed by atoms with van der Waals surface area (Å²) < 4.78 is 5.08. The van der Waals surface area contributed by atoms with Crippen molar-refractivity contribution < 1.29 is 24.2 Å². The van der Waals surface area contributed by atoms with Crippen molar-refractivity contribution in [1.82, 2.24) is 0 Å². The zero-order valence-electron chi connectivity index (χ0n) is 13.8. The zero-order chi connectivity index (χ0) is 18.6. The molecule has 0 saturated carbocycles. The van der Waals surface area contributed by atoms with Crippen LogP contribution in [0.25, 0.3) is 0 Å². The SMILES string of the molecule is Cc1cccc(C(=O)OC(C)C(=O)Nc2ccc(C(N)=O)cc2)c1O. The Morgan fingerprint density at radius 3 is 2.36 bits per heavy atom. The van der Waals surface area contributed by atoms with Crippen molar-refractivity contribution in [2.75, 3.05) is 5.32 Å². The first-order valence-corrected chi connectivity index (χ1v) is 7.50. The van der Waals surface area contributed by atoms with Gasteiger partial charge in [0.15, 0.2) is 6.10 Å². The van der Waals surface area contributed by atoms with Crippen molar-refractivity contribution in [2.24, 2.45) is 5.73 Å². The van der Waals surface area contributed by atoms with Gasteiger partial charge in [0.25, 0.3) is 5.91 Å². The molecular formula is C18H18N2O5. The molecule has 2 aromatic rings. The number of carbonyl (C=O) groups excluding carboxylic acids is 3. The molecule has 0 saturated heterocycles. The molecular weight excluding hydrogens is 324 g/mol. The van der Waals surface area contributed by atoms with Crippen LogP contribution in [-0.4, -0.2) is 29.0 Å². The molecule has 0 spiro atoms. The number of phenolic OH excluding ortho intramolecular Hbond substituents is 1. The molecule has 4 N–H and O–H groups in total. The second-order valence-electron chi connectivity index (χ2n) is 5.45. The summed E-state index contributed by atoms with van der Waals surface area (Å²) in [4.78, 5) is 35.2. The number of carbonyl (C=O) groups is 3.